The first kappa shape index (κ1) is 21.8. The number of carbonyl (C=O) groups excluding carboxylic acids is 2. The van der Waals surface area contributed by atoms with Gasteiger partial charge in [0.1, 0.15) is 23.4 Å². The Hall–Kier alpha value is -4.04. The summed E-state index contributed by atoms with van der Waals surface area (Å²) in [7, 11) is 1.49. The molecule has 1 N–H and O–H groups in total. The van der Waals surface area contributed by atoms with Crippen molar-refractivity contribution in [1.82, 2.24) is 4.98 Å². The smallest absolute Gasteiger partial charge is 0.301 e. The monoisotopic (exact) mass is 474 g/mol. The fraction of sp³-hybridized carbons (Fsp3) is 0.115. The van der Waals surface area contributed by atoms with Gasteiger partial charge in [-0.15, -0.1) is 0 Å². The molecule has 1 amide bonds. The number of aliphatic hydroxyl groups is 1. The van der Waals surface area contributed by atoms with E-state index < -0.39 is 23.5 Å². The average Bonchev–Trinajstić information content (AvgIpc) is 3.36. The number of aliphatic hydroxyl groups excluding tert-OH is 1. The summed E-state index contributed by atoms with van der Waals surface area (Å²) < 4.78 is 19.8. The molecule has 8 heteroatoms. The Balaban J connectivity index is 1.76. The second-order valence-electron chi connectivity index (χ2n) is 7.89. The molecule has 1 fully saturated rings. The van der Waals surface area contributed by atoms with Gasteiger partial charge in [-0.1, -0.05) is 59.4 Å². The molecule has 34 heavy (non-hydrogen) atoms. The molecule has 0 saturated carbocycles. The van der Waals surface area contributed by atoms with Crippen LogP contribution in [0.3, 0.4) is 0 Å². The van der Waals surface area contributed by atoms with E-state index in [-0.39, 0.29) is 16.5 Å². The SMILES string of the molecule is COc1ccccc1[C@@H]1C(=C(O)c2ccc(C)cc2)C(=O)C(=O)N1c1nc2ccc(F)cc2s1. The summed E-state index contributed by atoms with van der Waals surface area (Å²) in [6.45, 7) is 1.91. The molecule has 0 unspecified atom stereocenters. The van der Waals surface area contributed by atoms with Crippen LogP contribution in [0.5, 0.6) is 5.75 Å². The van der Waals surface area contributed by atoms with E-state index in [1.54, 1.807) is 36.4 Å². The fourth-order valence-corrected chi connectivity index (χ4v) is 5.09. The van der Waals surface area contributed by atoms with Crippen molar-refractivity contribution in [3.05, 3.63) is 94.8 Å². The van der Waals surface area contributed by atoms with E-state index in [4.69, 9.17) is 4.74 Å². The zero-order chi connectivity index (χ0) is 24.0. The number of hydrogen-bond acceptors (Lipinski definition) is 6. The lowest BCUT2D eigenvalue weighted by Crippen LogP contribution is -2.29. The number of hydrogen-bond donors (Lipinski definition) is 1. The molecule has 2 heterocycles. The summed E-state index contributed by atoms with van der Waals surface area (Å²) in [5, 5.41) is 11.4. The quantitative estimate of drug-likeness (QED) is 0.244. The van der Waals surface area contributed by atoms with Crippen LogP contribution in [0, 0.1) is 12.7 Å². The summed E-state index contributed by atoms with van der Waals surface area (Å²) in [5.74, 6) is -1.93. The third-order valence-corrected chi connectivity index (χ3v) is 6.77. The van der Waals surface area contributed by atoms with Gasteiger partial charge < -0.3 is 9.84 Å². The van der Waals surface area contributed by atoms with Gasteiger partial charge in [-0.25, -0.2) is 9.37 Å². The first-order valence-corrected chi connectivity index (χ1v) is 11.3. The van der Waals surface area contributed by atoms with E-state index >= 15 is 0 Å². The van der Waals surface area contributed by atoms with Crippen molar-refractivity contribution >= 4 is 44.1 Å². The molecule has 0 bridgehead atoms. The topological polar surface area (TPSA) is 79.7 Å². The highest BCUT2D eigenvalue weighted by atomic mass is 32.1. The number of nitrogens with zero attached hydrogens (tertiary/aromatic N) is 2. The van der Waals surface area contributed by atoms with Crippen LogP contribution in [0.1, 0.15) is 22.7 Å². The van der Waals surface area contributed by atoms with Crippen molar-refractivity contribution in [2.45, 2.75) is 13.0 Å². The standard InChI is InChI=1S/C26H19FN2O4S/c1-14-7-9-15(10-8-14)23(30)21-22(17-5-3-4-6-19(17)33-2)29(25(32)24(21)31)26-28-18-12-11-16(27)13-20(18)34-26/h3-13,22,30H,1-2H3/t22-/m1/s1. The first-order chi connectivity index (χ1) is 16.4. The van der Waals surface area contributed by atoms with Gasteiger partial charge in [0.15, 0.2) is 5.13 Å². The molecule has 3 aromatic carbocycles. The largest absolute Gasteiger partial charge is 0.507 e. The van der Waals surface area contributed by atoms with E-state index in [9.17, 15) is 19.1 Å². The number of anilines is 1. The highest BCUT2D eigenvalue weighted by Crippen LogP contribution is 2.46. The summed E-state index contributed by atoms with van der Waals surface area (Å²) in [5.41, 5.74) is 2.35. The van der Waals surface area contributed by atoms with Gasteiger partial charge in [0.25, 0.3) is 5.78 Å². The Labute approximate surface area is 198 Å². The van der Waals surface area contributed by atoms with Crippen LogP contribution in [0.2, 0.25) is 0 Å². The molecule has 0 spiro atoms. The predicted octanol–water partition coefficient (Wildman–Crippen LogP) is 5.38. The Morgan fingerprint density at radius 1 is 1.09 bits per heavy atom. The average molecular weight is 475 g/mol. The highest BCUT2D eigenvalue weighted by molar-refractivity contribution is 7.22. The van der Waals surface area contributed by atoms with Gasteiger partial charge in [-0.05, 0) is 31.2 Å². The van der Waals surface area contributed by atoms with E-state index in [2.05, 4.69) is 4.98 Å². The zero-order valence-electron chi connectivity index (χ0n) is 18.3. The molecule has 1 aromatic heterocycles. The van der Waals surface area contributed by atoms with Crippen molar-refractivity contribution in [1.29, 1.82) is 0 Å². The maximum atomic E-state index is 13.8. The molecular formula is C26H19FN2O4S. The van der Waals surface area contributed by atoms with Crippen LogP contribution in [0.15, 0.2) is 72.3 Å². The summed E-state index contributed by atoms with van der Waals surface area (Å²) in [6.07, 6.45) is 0. The normalized spacial score (nSPS) is 17.5. The Bertz CT molecular complexity index is 1480. The van der Waals surface area contributed by atoms with Crippen molar-refractivity contribution in [2.75, 3.05) is 12.0 Å². The molecule has 4 aromatic rings. The maximum absolute atomic E-state index is 13.8. The minimum Gasteiger partial charge on any atom is -0.507 e. The minimum atomic E-state index is -0.983. The van der Waals surface area contributed by atoms with Crippen LogP contribution in [0.4, 0.5) is 9.52 Å². The number of Topliss-reactive ketones (excluding diaryl/α,β-unsaturated/α-hetero) is 1. The van der Waals surface area contributed by atoms with E-state index in [1.165, 1.54) is 30.2 Å². The van der Waals surface area contributed by atoms with Crippen LogP contribution in [0.25, 0.3) is 16.0 Å². The van der Waals surface area contributed by atoms with Crippen LogP contribution in [-0.4, -0.2) is 28.9 Å². The zero-order valence-corrected chi connectivity index (χ0v) is 19.1. The molecule has 1 saturated heterocycles. The summed E-state index contributed by atoms with van der Waals surface area (Å²) in [6, 6.07) is 17.1. The number of para-hydroxylation sites is 1. The van der Waals surface area contributed by atoms with E-state index in [1.807, 2.05) is 19.1 Å². The molecule has 170 valence electrons. The number of amides is 1. The van der Waals surface area contributed by atoms with Gasteiger partial charge in [0, 0.05) is 11.1 Å². The maximum Gasteiger partial charge on any atom is 0.301 e. The van der Waals surface area contributed by atoms with Crippen LogP contribution >= 0.6 is 11.3 Å². The van der Waals surface area contributed by atoms with Gasteiger partial charge in [0.2, 0.25) is 0 Å². The van der Waals surface area contributed by atoms with Gasteiger partial charge in [0.05, 0.1) is 22.9 Å². The van der Waals surface area contributed by atoms with Gasteiger partial charge in [-0.2, -0.15) is 0 Å². The van der Waals surface area contributed by atoms with Crippen LogP contribution in [-0.2, 0) is 9.59 Å². The summed E-state index contributed by atoms with van der Waals surface area (Å²) >= 11 is 1.09. The minimum absolute atomic E-state index is 0.0659. The lowest BCUT2D eigenvalue weighted by atomic mass is 9.94. The lowest BCUT2D eigenvalue weighted by molar-refractivity contribution is -0.132. The number of ether oxygens (including phenoxy) is 1. The number of methoxy groups -OCH3 is 1. The molecule has 1 aliphatic rings. The van der Waals surface area contributed by atoms with Gasteiger partial charge >= 0.3 is 5.91 Å². The number of carbonyl (C=O) groups is 2. The Kier molecular flexibility index (Phi) is 5.37. The van der Waals surface area contributed by atoms with Crippen molar-refractivity contribution < 1.29 is 23.8 Å². The lowest BCUT2D eigenvalue weighted by Gasteiger charge is -2.24. The molecule has 1 aliphatic heterocycles. The highest BCUT2D eigenvalue weighted by Gasteiger charge is 2.49. The Morgan fingerprint density at radius 2 is 1.82 bits per heavy atom. The fourth-order valence-electron chi connectivity index (χ4n) is 4.07. The summed E-state index contributed by atoms with van der Waals surface area (Å²) in [4.78, 5) is 32.3. The van der Waals surface area contributed by atoms with Crippen molar-refractivity contribution in [3.63, 3.8) is 0 Å². The Morgan fingerprint density at radius 3 is 2.56 bits per heavy atom. The third-order valence-electron chi connectivity index (χ3n) is 5.75. The number of thiazole rings is 1. The molecule has 1 atom stereocenters. The molecular weight excluding hydrogens is 455 g/mol. The number of rotatable bonds is 4. The number of fused-ring (bicyclic) bond motifs is 1. The number of aryl methyl sites for hydroxylation is 1. The number of benzene rings is 3. The van der Waals surface area contributed by atoms with Crippen molar-refractivity contribution in [3.8, 4) is 5.75 Å². The molecule has 0 radical (unpaired) electrons. The number of ketones is 1. The van der Waals surface area contributed by atoms with Crippen molar-refractivity contribution in [2.24, 2.45) is 0 Å². The number of aromatic nitrogens is 1. The third kappa shape index (κ3) is 3.52. The number of halogens is 1. The molecule has 0 aliphatic carbocycles. The second kappa shape index (κ2) is 8.39. The van der Waals surface area contributed by atoms with E-state index in [0.29, 0.717) is 27.1 Å². The van der Waals surface area contributed by atoms with E-state index in [0.717, 1.165) is 16.9 Å². The second-order valence-corrected chi connectivity index (χ2v) is 8.89. The predicted molar refractivity (Wildman–Crippen MR) is 129 cm³/mol. The molecule has 6 nitrogen and oxygen atoms in total. The molecule has 5 rings (SSSR count). The van der Waals surface area contributed by atoms with Crippen LogP contribution < -0.4 is 9.64 Å². The van der Waals surface area contributed by atoms with Gasteiger partial charge in [-0.3, -0.25) is 14.5 Å². The first-order valence-electron chi connectivity index (χ1n) is 10.5.